The highest BCUT2D eigenvalue weighted by molar-refractivity contribution is 5.76. The Bertz CT molecular complexity index is 177. The van der Waals surface area contributed by atoms with Crippen LogP contribution in [0.4, 0.5) is 13.2 Å². The van der Waals surface area contributed by atoms with E-state index in [9.17, 15) is 18.0 Å². The molecule has 0 aliphatic carbocycles. The molecule has 78 valence electrons. The highest BCUT2D eigenvalue weighted by atomic mass is 19.4. The van der Waals surface area contributed by atoms with Gasteiger partial charge in [-0.1, -0.05) is 13.8 Å². The quantitative estimate of drug-likeness (QED) is 0.737. The monoisotopic (exact) mass is 197 g/mol. The maximum absolute atomic E-state index is 11.7. The molecule has 0 spiro atoms. The van der Waals surface area contributed by atoms with Crippen LogP contribution in [0.2, 0.25) is 0 Å². The fraction of sp³-hybridized carbons (Fsp3) is 0.875. The summed E-state index contributed by atoms with van der Waals surface area (Å²) >= 11 is 0. The molecule has 0 heterocycles. The zero-order valence-corrected chi connectivity index (χ0v) is 7.90. The number of amides is 1. The van der Waals surface area contributed by atoms with E-state index in [2.05, 4.69) is 5.32 Å². The van der Waals surface area contributed by atoms with Gasteiger partial charge in [-0.3, -0.25) is 4.79 Å². The lowest BCUT2D eigenvalue weighted by molar-refractivity contribution is -0.154. The molecule has 0 aromatic heterocycles. The summed E-state index contributed by atoms with van der Waals surface area (Å²) in [5.74, 6) is -0.828. The molecule has 1 N–H and O–H groups in total. The Balaban J connectivity index is 3.89. The van der Waals surface area contributed by atoms with Gasteiger partial charge in [0.1, 0.15) is 6.42 Å². The van der Waals surface area contributed by atoms with Crippen LogP contribution in [0.15, 0.2) is 0 Å². The largest absolute Gasteiger partial charge is 0.397 e. The minimum atomic E-state index is -4.42. The molecule has 0 fully saturated rings. The standard InChI is InChI=1S/C8H14F3NO/c1-5(2)6(3)12-7(13)4-8(9,10)11/h5-6H,4H2,1-3H3,(H,12,13). The SMILES string of the molecule is CC(C)C(C)NC(=O)CC(F)(F)F. The van der Waals surface area contributed by atoms with E-state index in [0.717, 1.165) is 0 Å². The second kappa shape index (κ2) is 4.48. The van der Waals surface area contributed by atoms with E-state index in [-0.39, 0.29) is 12.0 Å². The first kappa shape index (κ1) is 12.3. The van der Waals surface area contributed by atoms with E-state index in [1.54, 1.807) is 6.92 Å². The second-order valence-electron chi connectivity index (χ2n) is 3.39. The molecule has 0 aromatic rings. The van der Waals surface area contributed by atoms with Gasteiger partial charge in [-0.25, -0.2) is 0 Å². The normalized spacial score (nSPS) is 14.4. The van der Waals surface area contributed by atoms with Gasteiger partial charge in [-0.05, 0) is 12.8 Å². The molecule has 0 radical (unpaired) electrons. The number of hydrogen-bond acceptors (Lipinski definition) is 1. The Morgan fingerprint density at radius 2 is 1.77 bits per heavy atom. The van der Waals surface area contributed by atoms with Crippen LogP contribution in [0.5, 0.6) is 0 Å². The summed E-state index contributed by atoms with van der Waals surface area (Å²) in [5, 5.41) is 2.28. The van der Waals surface area contributed by atoms with Crippen LogP contribution in [0, 0.1) is 5.92 Å². The average Bonchev–Trinajstić information content (AvgIpc) is 1.81. The van der Waals surface area contributed by atoms with Crippen molar-refractivity contribution < 1.29 is 18.0 Å². The van der Waals surface area contributed by atoms with Gasteiger partial charge in [0.15, 0.2) is 0 Å². The highest BCUT2D eigenvalue weighted by Crippen LogP contribution is 2.19. The van der Waals surface area contributed by atoms with Crippen molar-refractivity contribution in [1.82, 2.24) is 5.32 Å². The topological polar surface area (TPSA) is 29.1 Å². The second-order valence-corrected chi connectivity index (χ2v) is 3.39. The average molecular weight is 197 g/mol. The molecule has 1 atom stereocenters. The van der Waals surface area contributed by atoms with Crippen LogP contribution in [-0.4, -0.2) is 18.1 Å². The fourth-order valence-electron chi connectivity index (χ4n) is 0.654. The number of rotatable bonds is 3. The summed E-state index contributed by atoms with van der Waals surface area (Å²) in [7, 11) is 0. The number of carbonyl (C=O) groups excluding carboxylic acids is 1. The van der Waals surface area contributed by atoms with Crippen molar-refractivity contribution in [3.05, 3.63) is 0 Å². The van der Waals surface area contributed by atoms with Gasteiger partial charge < -0.3 is 5.32 Å². The van der Waals surface area contributed by atoms with Gasteiger partial charge in [0, 0.05) is 6.04 Å². The molecule has 0 saturated carbocycles. The molecule has 1 unspecified atom stereocenters. The summed E-state index contributed by atoms with van der Waals surface area (Å²) in [6, 6.07) is -0.227. The van der Waals surface area contributed by atoms with E-state index >= 15 is 0 Å². The predicted molar refractivity (Wildman–Crippen MR) is 43.1 cm³/mol. The summed E-state index contributed by atoms with van der Waals surface area (Å²) in [4.78, 5) is 10.7. The van der Waals surface area contributed by atoms with Crippen molar-refractivity contribution in [1.29, 1.82) is 0 Å². The molecule has 0 aliphatic heterocycles. The van der Waals surface area contributed by atoms with E-state index in [4.69, 9.17) is 0 Å². The van der Waals surface area contributed by atoms with Crippen LogP contribution in [0.3, 0.4) is 0 Å². The number of alkyl halides is 3. The van der Waals surface area contributed by atoms with E-state index in [1.165, 1.54) is 0 Å². The van der Waals surface area contributed by atoms with Crippen molar-refractivity contribution >= 4 is 5.91 Å². The van der Waals surface area contributed by atoms with Crippen LogP contribution in [0.1, 0.15) is 27.2 Å². The molecule has 0 saturated heterocycles. The third-order valence-electron chi connectivity index (χ3n) is 1.75. The number of halogens is 3. The first-order valence-corrected chi connectivity index (χ1v) is 4.08. The molecule has 1 amide bonds. The van der Waals surface area contributed by atoms with Gasteiger partial charge in [-0.15, -0.1) is 0 Å². The van der Waals surface area contributed by atoms with Crippen LogP contribution >= 0.6 is 0 Å². The molecule has 2 nitrogen and oxygen atoms in total. The first-order valence-electron chi connectivity index (χ1n) is 4.08. The van der Waals surface area contributed by atoms with E-state index in [0.29, 0.717) is 0 Å². The van der Waals surface area contributed by atoms with Crippen LogP contribution in [-0.2, 0) is 4.79 Å². The fourth-order valence-corrected chi connectivity index (χ4v) is 0.654. The molecule has 5 heteroatoms. The Kier molecular flexibility index (Phi) is 4.23. The molecule has 0 aliphatic rings. The zero-order valence-electron chi connectivity index (χ0n) is 7.90. The Labute approximate surface area is 75.5 Å². The summed E-state index contributed by atoms with van der Waals surface area (Å²) in [5.41, 5.74) is 0. The third-order valence-corrected chi connectivity index (χ3v) is 1.75. The van der Waals surface area contributed by atoms with E-state index < -0.39 is 18.5 Å². The maximum Gasteiger partial charge on any atom is 0.397 e. The lowest BCUT2D eigenvalue weighted by Gasteiger charge is -2.17. The molecular weight excluding hydrogens is 183 g/mol. The predicted octanol–water partition coefficient (Wildman–Crippen LogP) is 2.10. The Morgan fingerprint density at radius 1 is 1.31 bits per heavy atom. The molecule has 13 heavy (non-hydrogen) atoms. The van der Waals surface area contributed by atoms with Crippen molar-refractivity contribution in [2.45, 2.75) is 39.4 Å². The number of nitrogens with one attached hydrogen (secondary N) is 1. The number of hydrogen-bond donors (Lipinski definition) is 1. The van der Waals surface area contributed by atoms with Gasteiger partial charge >= 0.3 is 6.18 Å². The van der Waals surface area contributed by atoms with Crippen molar-refractivity contribution in [2.75, 3.05) is 0 Å². The van der Waals surface area contributed by atoms with Crippen LogP contribution < -0.4 is 5.32 Å². The lowest BCUT2D eigenvalue weighted by atomic mass is 10.1. The van der Waals surface area contributed by atoms with Gasteiger partial charge in [0.05, 0.1) is 0 Å². The summed E-state index contributed by atoms with van der Waals surface area (Å²) < 4.78 is 35.1. The maximum atomic E-state index is 11.7. The lowest BCUT2D eigenvalue weighted by Crippen LogP contribution is -2.38. The molecule has 0 aromatic carbocycles. The zero-order chi connectivity index (χ0) is 10.6. The van der Waals surface area contributed by atoms with Gasteiger partial charge in [0.25, 0.3) is 0 Å². The van der Waals surface area contributed by atoms with Crippen LogP contribution in [0.25, 0.3) is 0 Å². The minimum Gasteiger partial charge on any atom is -0.353 e. The first-order chi connectivity index (χ1) is 5.72. The molecular formula is C8H14F3NO. The third kappa shape index (κ3) is 6.42. The van der Waals surface area contributed by atoms with Crippen molar-refractivity contribution in [3.63, 3.8) is 0 Å². The summed E-state index contributed by atoms with van der Waals surface area (Å²) in [6.07, 6.45) is -5.81. The Hall–Kier alpha value is -0.740. The highest BCUT2D eigenvalue weighted by Gasteiger charge is 2.31. The minimum absolute atomic E-state index is 0.136. The number of carbonyl (C=O) groups is 1. The smallest absolute Gasteiger partial charge is 0.353 e. The van der Waals surface area contributed by atoms with Crippen molar-refractivity contribution in [2.24, 2.45) is 5.92 Å². The van der Waals surface area contributed by atoms with Gasteiger partial charge in [0.2, 0.25) is 5.91 Å². The van der Waals surface area contributed by atoms with Gasteiger partial charge in [-0.2, -0.15) is 13.2 Å². The molecule has 0 bridgehead atoms. The Morgan fingerprint density at radius 3 is 2.08 bits per heavy atom. The van der Waals surface area contributed by atoms with E-state index in [1.807, 2.05) is 13.8 Å². The van der Waals surface area contributed by atoms with Crippen molar-refractivity contribution in [3.8, 4) is 0 Å². The molecule has 0 rings (SSSR count). The summed E-state index contributed by atoms with van der Waals surface area (Å²) in [6.45, 7) is 5.34.